The van der Waals surface area contributed by atoms with E-state index in [-0.39, 0.29) is 18.9 Å². The minimum Gasteiger partial charge on any atom is -0.394 e. The molecule has 9 heteroatoms. The van der Waals surface area contributed by atoms with E-state index in [1.807, 2.05) is 6.08 Å². The van der Waals surface area contributed by atoms with Gasteiger partial charge in [-0.3, -0.25) is 4.79 Å². The molecule has 1 aliphatic rings. The molecule has 0 aliphatic carbocycles. The van der Waals surface area contributed by atoms with Crippen LogP contribution < -0.4 is 5.32 Å². The van der Waals surface area contributed by atoms with Crippen LogP contribution in [0.1, 0.15) is 232 Å². The molecule has 0 spiro atoms. The Balaban J connectivity index is 2.25. The van der Waals surface area contributed by atoms with Crippen LogP contribution in [0.2, 0.25) is 0 Å². The van der Waals surface area contributed by atoms with Crippen molar-refractivity contribution in [3.63, 3.8) is 0 Å². The van der Waals surface area contributed by atoms with E-state index >= 15 is 0 Å². The summed E-state index contributed by atoms with van der Waals surface area (Å²) >= 11 is 0. The minimum absolute atomic E-state index is 0.224. The summed E-state index contributed by atoms with van der Waals surface area (Å²) in [5.74, 6) is -0.224. The maximum Gasteiger partial charge on any atom is 0.220 e. The number of hydrogen-bond donors (Lipinski definition) is 6. The van der Waals surface area contributed by atoms with E-state index in [2.05, 4.69) is 165 Å². The fraction of sp³-hybridized carbons (Fsp3) is 0.625. The first-order valence-electron chi connectivity index (χ1n) is 32.2. The molecule has 0 radical (unpaired) electrons. The number of amides is 1. The zero-order valence-electron chi connectivity index (χ0n) is 51.0. The highest BCUT2D eigenvalue weighted by Gasteiger charge is 2.44. The van der Waals surface area contributed by atoms with E-state index in [1.165, 1.54) is 96.3 Å². The molecule has 0 aromatic rings. The Morgan fingerprint density at radius 2 is 0.778 bits per heavy atom. The molecule has 7 unspecified atom stereocenters. The Morgan fingerprint density at radius 3 is 1.19 bits per heavy atom. The molecule has 9 nitrogen and oxygen atoms in total. The lowest BCUT2D eigenvalue weighted by atomic mass is 9.99. The van der Waals surface area contributed by atoms with Gasteiger partial charge >= 0.3 is 0 Å². The third-order valence-corrected chi connectivity index (χ3v) is 14.1. The zero-order chi connectivity index (χ0) is 58.6. The average molecular weight is 1120 g/mol. The number of aliphatic hydroxyl groups is 5. The number of carbonyl (C=O) groups is 1. The normalized spacial score (nSPS) is 19.5. The summed E-state index contributed by atoms with van der Waals surface area (Å²) in [4.78, 5) is 13.1. The van der Waals surface area contributed by atoms with E-state index in [1.54, 1.807) is 6.08 Å². The molecule has 81 heavy (non-hydrogen) atoms. The van der Waals surface area contributed by atoms with E-state index in [0.717, 1.165) is 109 Å². The van der Waals surface area contributed by atoms with Crippen molar-refractivity contribution in [1.82, 2.24) is 5.32 Å². The average Bonchev–Trinajstić information content (AvgIpc) is 3.49. The molecular formula is C72H117NO8. The van der Waals surface area contributed by atoms with Crippen LogP contribution in [0, 0.1) is 0 Å². The zero-order valence-corrected chi connectivity index (χ0v) is 51.0. The Hall–Kier alpha value is -4.19. The van der Waals surface area contributed by atoms with Crippen LogP contribution in [0.5, 0.6) is 0 Å². The molecule has 458 valence electrons. The van der Waals surface area contributed by atoms with Gasteiger partial charge in [0.25, 0.3) is 0 Å². The lowest BCUT2D eigenvalue weighted by molar-refractivity contribution is -0.302. The summed E-state index contributed by atoms with van der Waals surface area (Å²) < 4.78 is 11.3. The predicted molar refractivity (Wildman–Crippen MR) is 345 cm³/mol. The second-order valence-electron chi connectivity index (χ2n) is 21.5. The van der Waals surface area contributed by atoms with Crippen molar-refractivity contribution in [2.24, 2.45) is 0 Å². The first-order valence-corrected chi connectivity index (χ1v) is 32.2. The molecule has 1 saturated heterocycles. The molecule has 1 amide bonds. The molecule has 0 aromatic carbocycles. The standard InChI is InChI=1S/C72H117NO8/c1-3-5-7-9-11-13-15-17-19-21-23-25-26-27-28-29-30-31-32-33-34-35-36-37-38-39-40-42-44-46-48-50-52-54-56-58-60-62-68(76)73-65(64-80-72-71(79)70(78)69(77)67(63-74)81-72)66(75)61-59-57-55-53-51-49-47-45-43-41-24-22-20-18-16-14-12-10-8-6-4-2/h5,7,11,13,17,19,23,25,27-28,30-31,33-34,36-37,39-40,44,46,50-53,59,61,65-67,69-72,74-75,77-79H,3-4,6,8-10,12,14-16,18,20-22,24,26,29,32,35,38,41-43,45,47-49,54-58,60,62-64H2,1-2H3,(H,73,76)/b7-5-,13-11-,19-17-,25-23-,28-27-,31-30-,34-33-,37-36-,40-39-,46-44-,52-50-,53-51+,61-59+. The van der Waals surface area contributed by atoms with E-state index in [9.17, 15) is 30.3 Å². The number of aliphatic hydroxyl groups excluding tert-OH is 5. The highest BCUT2D eigenvalue weighted by molar-refractivity contribution is 5.76. The number of unbranched alkanes of at least 4 members (excludes halogenated alkanes) is 19. The summed E-state index contributed by atoms with van der Waals surface area (Å²) in [5, 5.41) is 54.6. The van der Waals surface area contributed by atoms with Gasteiger partial charge in [0.2, 0.25) is 5.91 Å². The second-order valence-corrected chi connectivity index (χ2v) is 21.5. The molecule has 0 aromatic heterocycles. The van der Waals surface area contributed by atoms with Crippen molar-refractivity contribution in [2.45, 2.75) is 275 Å². The van der Waals surface area contributed by atoms with Crippen molar-refractivity contribution in [2.75, 3.05) is 13.2 Å². The highest BCUT2D eigenvalue weighted by atomic mass is 16.7. The second kappa shape index (κ2) is 59.0. The summed E-state index contributed by atoms with van der Waals surface area (Å²) in [7, 11) is 0. The molecule has 0 saturated carbocycles. The predicted octanol–water partition coefficient (Wildman–Crippen LogP) is 17.2. The third-order valence-electron chi connectivity index (χ3n) is 14.1. The number of ether oxygens (including phenoxy) is 2. The number of rotatable bonds is 53. The van der Waals surface area contributed by atoms with Gasteiger partial charge in [-0.25, -0.2) is 0 Å². The Morgan fingerprint density at radius 1 is 0.432 bits per heavy atom. The van der Waals surface area contributed by atoms with Crippen LogP contribution in [0.4, 0.5) is 0 Å². The van der Waals surface area contributed by atoms with Crippen LogP contribution in [-0.2, 0) is 14.3 Å². The SMILES string of the molecule is CC/C=C\C/C=C\C/C=C\C/C=C\C/C=C\C/C=C\C/C=C\C/C=C\C/C=C\C/C=C\C/C=C\CCCCCC(=O)NC(COC1OC(CO)C(O)C(O)C1O)C(O)/C=C/CC/C=C/CCCCCCCCCCCCCCCCC. The molecule has 1 rings (SSSR count). The smallest absolute Gasteiger partial charge is 0.220 e. The molecule has 1 aliphatic heterocycles. The van der Waals surface area contributed by atoms with Crippen molar-refractivity contribution < 1.29 is 39.8 Å². The summed E-state index contributed by atoms with van der Waals surface area (Å²) in [6.07, 6.45) is 86.0. The van der Waals surface area contributed by atoms with Gasteiger partial charge in [0.15, 0.2) is 6.29 Å². The molecule has 0 bridgehead atoms. The van der Waals surface area contributed by atoms with Gasteiger partial charge in [-0.05, 0) is 116 Å². The van der Waals surface area contributed by atoms with Gasteiger partial charge in [-0.2, -0.15) is 0 Å². The van der Waals surface area contributed by atoms with Gasteiger partial charge in [0, 0.05) is 6.42 Å². The molecular weight excluding hydrogens is 1010 g/mol. The number of carbonyl (C=O) groups excluding carboxylic acids is 1. The Kier molecular flexibility index (Phi) is 54.5. The van der Waals surface area contributed by atoms with Crippen molar-refractivity contribution >= 4 is 5.91 Å². The summed E-state index contributed by atoms with van der Waals surface area (Å²) in [6, 6.07) is -0.853. The Bertz CT molecular complexity index is 1830. The van der Waals surface area contributed by atoms with E-state index < -0.39 is 49.5 Å². The first kappa shape index (κ1) is 74.8. The van der Waals surface area contributed by atoms with Crippen molar-refractivity contribution in [1.29, 1.82) is 0 Å². The maximum absolute atomic E-state index is 13.1. The molecule has 6 N–H and O–H groups in total. The summed E-state index contributed by atoms with van der Waals surface area (Å²) in [5.41, 5.74) is 0. The summed E-state index contributed by atoms with van der Waals surface area (Å²) in [6.45, 7) is 3.63. The number of allylic oxidation sites excluding steroid dienone is 25. The van der Waals surface area contributed by atoms with Crippen LogP contribution in [0.15, 0.2) is 158 Å². The van der Waals surface area contributed by atoms with Crippen LogP contribution in [-0.4, -0.2) is 87.5 Å². The fourth-order valence-corrected chi connectivity index (χ4v) is 9.06. The van der Waals surface area contributed by atoms with Crippen molar-refractivity contribution in [3.05, 3.63) is 158 Å². The van der Waals surface area contributed by atoms with E-state index in [0.29, 0.717) is 6.42 Å². The maximum atomic E-state index is 13.1. The highest BCUT2D eigenvalue weighted by Crippen LogP contribution is 2.23. The molecule has 1 fully saturated rings. The van der Waals surface area contributed by atoms with Crippen LogP contribution in [0.25, 0.3) is 0 Å². The van der Waals surface area contributed by atoms with Gasteiger partial charge < -0.3 is 40.3 Å². The van der Waals surface area contributed by atoms with Crippen LogP contribution >= 0.6 is 0 Å². The third kappa shape index (κ3) is 47.9. The van der Waals surface area contributed by atoms with Crippen molar-refractivity contribution in [3.8, 4) is 0 Å². The molecule has 7 atom stereocenters. The fourth-order valence-electron chi connectivity index (χ4n) is 9.06. The topological polar surface area (TPSA) is 149 Å². The van der Waals surface area contributed by atoms with Gasteiger partial charge in [0.05, 0.1) is 25.4 Å². The van der Waals surface area contributed by atoms with Gasteiger partial charge in [-0.1, -0.05) is 268 Å². The van der Waals surface area contributed by atoms with Gasteiger partial charge in [-0.15, -0.1) is 0 Å². The first-order chi connectivity index (χ1) is 39.8. The largest absolute Gasteiger partial charge is 0.394 e. The van der Waals surface area contributed by atoms with Crippen LogP contribution in [0.3, 0.4) is 0 Å². The quantitative estimate of drug-likeness (QED) is 0.0261. The molecule has 1 heterocycles. The number of hydrogen-bond acceptors (Lipinski definition) is 8. The number of nitrogens with one attached hydrogen (secondary N) is 1. The minimum atomic E-state index is -1.59. The van der Waals surface area contributed by atoms with Gasteiger partial charge in [0.1, 0.15) is 24.4 Å². The monoisotopic (exact) mass is 1120 g/mol. The Labute approximate surface area is 495 Å². The lowest BCUT2D eigenvalue weighted by Crippen LogP contribution is -2.60. The lowest BCUT2D eigenvalue weighted by Gasteiger charge is -2.40. The van der Waals surface area contributed by atoms with E-state index in [4.69, 9.17) is 9.47 Å².